The van der Waals surface area contributed by atoms with Crippen LogP contribution in [0.4, 0.5) is 5.95 Å². The van der Waals surface area contributed by atoms with E-state index in [9.17, 15) is 4.79 Å². The number of aromatic nitrogens is 2. The summed E-state index contributed by atoms with van der Waals surface area (Å²) >= 11 is 5.77. The Labute approximate surface area is 134 Å². The molecule has 3 heterocycles. The Kier molecular flexibility index (Phi) is 5.07. The third-order valence-electron chi connectivity index (χ3n) is 3.77. The SMILES string of the molecule is O=C1CN(c2ncc(Cl)cn2)CCN1CCCC1OCCO1. The van der Waals surface area contributed by atoms with Crippen LogP contribution in [0.1, 0.15) is 12.8 Å². The van der Waals surface area contributed by atoms with Crippen molar-refractivity contribution in [2.45, 2.75) is 19.1 Å². The Morgan fingerprint density at radius 3 is 2.64 bits per heavy atom. The molecular formula is C14H19ClN4O3. The zero-order chi connectivity index (χ0) is 15.4. The Bertz CT molecular complexity index is 507. The molecule has 0 aromatic carbocycles. The van der Waals surface area contributed by atoms with Gasteiger partial charge in [0.2, 0.25) is 11.9 Å². The summed E-state index contributed by atoms with van der Waals surface area (Å²) < 4.78 is 10.8. The van der Waals surface area contributed by atoms with Crippen molar-refractivity contribution >= 4 is 23.5 Å². The lowest BCUT2D eigenvalue weighted by Gasteiger charge is -2.34. The quantitative estimate of drug-likeness (QED) is 0.802. The van der Waals surface area contributed by atoms with Gasteiger partial charge in [0.25, 0.3) is 0 Å². The summed E-state index contributed by atoms with van der Waals surface area (Å²) in [6.45, 7) is 3.78. The lowest BCUT2D eigenvalue weighted by atomic mass is 10.2. The smallest absolute Gasteiger partial charge is 0.242 e. The Balaban J connectivity index is 1.45. The molecule has 2 aliphatic rings. The van der Waals surface area contributed by atoms with Crippen molar-refractivity contribution in [3.05, 3.63) is 17.4 Å². The minimum absolute atomic E-state index is 0.0954. The first kappa shape index (κ1) is 15.5. The first-order chi connectivity index (χ1) is 10.7. The minimum atomic E-state index is -0.0983. The van der Waals surface area contributed by atoms with Gasteiger partial charge in [-0.05, 0) is 6.42 Å². The minimum Gasteiger partial charge on any atom is -0.350 e. The van der Waals surface area contributed by atoms with Crippen LogP contribution in [-0.4, -0.2) is 66.5 Å². The normalized spacial score (nSPS) is 20.0. The van der Waals surface area contributed by atoms with Crippen LogP contribution in [0.5, 0.6) is 0 Å². The van der Waals surface area contributed by atoms with E-state index in [-0.39, 0.29) is 12.2 Å². The topological polar surface area (TPSA) is 67.8 Å². The molecule has 120 valence electrons. The number of carbonyl (C=O) groups excluding carboxylic acids is 1. The molecule has 0 atom stereocenters. The van der Waals surface area contributed by atoms with Gasteiger partial charge in [0.05, 0.1) is 37.2 Å². The van der Waals surface area contributed by atoms with Crippen molar-refractivity contribution < 1.29 is 14.3 Å². The fraction of sp³-hybridized carbons (Fsp3) is 0.643. The zero-order valence-corrected chi connectivity index (χ0v) is 13.0. The summed E-state index contributed by atoms with van der Waals surface area (Å²) in [5.41, 5.74) is 0. The summed E-state index contributed by atoms with van der Waals surface area (Å²) in [5, 5.41) is 0.491. The van der Waals surface area contributed by atoms with Gasteiger partial charge in [-0.15, -0.1) is 0 Å². The van der Waals surface area contributed by atoms with Crippen LogP contribution in [0, 0.1) is 0 Å². The number of rotatable bonds is 5. The molecule has 0 radical (unpaired) electrons. The molecule has 3 rings (SSSR count). The monoisotopic (exact) mass is 326 g/mol. The molecule has 7 nitrogen and oxygen atoms in total. The second-order valence-electron chi connectivity index (χ2n) is 5.32. The fourth-order valence-electron chi connectivity index (χ4n) is 2.61. The van der Waals surface area contributed by atoms with Crippen LogP contribution in [0.15, 0.2) is 12.4 Å². The van der Waals surface area contributed by atoms with Gasteiger partial charge in [0.1, 0.15) is 0 Å². The van der Waals surface area contributed by atoms with Gasteiger partial charge in [-0.2, -0.15) is 0 Å². The molecule has 0 bridgehead atoms. The summed E-state index contributed by atoms with van der Waals surface area (Å²) in [5.74, 6) is 0.642. The molecule has 2 aliphatic heterocycles. The molecule has 0 unspecified atom stereocenters. The molecule has 2 saturated heterocycles. The molecule has 22 heavy (non-hydrogen) atoms. The highest BCUT2D eigenvalue weighted by molar-refractivity contribution is 6.30. The molecule has 8 heteroatoms. The predicted molar refractivity (Wildman–Crippen MR) is 80.8 cm³/mol. The van der Waals surface area contributed by atoms with Crippen molar-refractivity contribution in [2.75, 3.05) is 44.3 Å². The largest absolute Gasteiger partial charge is 0.350 e. The summed E-state index contributed by atoms with van der Waals surface area (Å²) in [4.78, 5) is 24.3. The van der Waals surface area contributed by atoms with E-state index in [4.69, 9.17) is 21.1 Å². The molecule has 1 amide bonds. The van der Waals surface area contributed by atoms with Gasteiger partial charge < -0.3 is 19.3 Å². The van der Waals surface area contributed by atoms with E-state index in [1.807, 2.05) is 9.80 Å². The number of hydrogen-bond donors (Lipinski definition) is 0. The number of ether oxygens (including phenoxy) is 2. The molecule has 1 aromatic heterocycles. The average molecular weight is 327 g/mol. The van der Waals surface area contributed by atoms with E-state index in [2.05, 4.69) is 9.97 Å². The Morgan fingerprint density at radius 2 is 1.95 bits per heavy atom. The number of carbonyl (C=O) groups is 1. The Morgan fingerprint density at radius 1 is 1.23 bits per heavy atom. The van der Waals surface area contributed by atoms with Crippen molar-refractivity contribution in [3.63, 3.8) is 0 Å². The first-order valence-corrected chi connectivity index (χ1v) is 7.83. The second kappa shape index (κ2) is 7.21. The standard InChI is InChI=1S/C14H19ClN4O3/c15-11-8-16-14(17-9-11)19-5-4-18(12(20)10-19)3-1-2-13-21-6-7-22-13/h8-9,13H,1-7,10H2. The van der Waals surface area contributed by atoms with E-state index >= 15 is 0 Å². The van der Waals surface area contributed by atoms with Crippen molar-refractivity contribution in [1.29, 1.82) is 0 Å². The number of nitrogens with zero attached hydrogens (tertiary/aromatic N) is 4. The average Bonchev–Trinajstić information content (AvgIpc) is 3.03. The van der Waals surface area contributed by atoms with Gasteiger partial charge in [-0.3, -0.25) is 4.79 Å². The fourth-order valence-corrected chi connectivity index (χ4v) is 2.70. The molecule has 0 aliphatic carbocycles. The molecular weight excluding hydrogens is 308 g/mol. The van der Waals surface area contributed by atoms with Gasteiger partial charge >= 0.3 is 0 Å². The third-order valence-corrected chi connectivity index (χ3v) is 3.96. The summed E-state index contributed by atoms with van der Waals surface area (Å²) in [7, 11) is 0. The van der Waals surface area contributed by atoms with E-state index < -0.39 is 0 Å². The van der Waals surface area contributed by atoms with Crippen LogP contribution < -0.4 is 4.90 Å². The predicted octanol–water partition coefficient (Wildman–Crippen LogP) is 0.932. The number of halogens is 1. The number of amides is 1. The molecule has 2 fully saturated rings. The maximum atomic E-state index is 12.2. The lowest BCUT2D eigenvalue weighted by Crippen LogP contribution is -2.51. The van der Waals surface area contributed by atoms with E-state index in [1.54, 1.807) is 12.4 Å². The number of anilines is 1. The molecule has 0 spiro atoms. The first-order valence-electron chi connectivity index (χ1n) is 7.46. The number of piperazine rings is 1. The van der Waals surface area contributed by atoms with E-state index in [0.717, 1.165) is 25.9 Å². The van der Waals surface area contributed by atoms with Gasteiger partial charge in [0.15, 0.2) is 6.29 Å². The highest BCUT2D eigenvalue weighted by Crippen LogP contribution is 2.15. The molecule has 0 N–H and O–H groups in total. The van der Waals surface area contributed by atoms with Crippen LogP contribution in [0.25, 0.3) is 0 Å². The van der Waals surface area contributed by atoms with Gasteiger partial charge in [-0.1, -0.05) is 11.6 Å². The van der Waals surface area contributed by atoms with Crippen molar-refractivity contribution in [1.82, 2.24) is 14.9 Å². The number of hydrogen-bond acceptors (Lipinski definition) is 6. The van der Waals surface area contributed by atoms with E-state index in [1.165, 1.54) is 0 Å². The van der Waals surface area contributed by atoms with Gasteiger partial charge in [-0.25, -0.2) is 9.97 Å². The van der Waals surface area contributed by atoms with Crippen molar-refractivity contribution in [3.8, 4) is 0 Å². The molecule has 1 aromatic rings. The van der Waals surface area contributed by atoms with Gasteiger partial charge in [0, 0.05) is 26.1 Å². The lowest BCUT2D eigenvalue weighted by molar-refractivity contribution is -0.131. The van der Waals surface area contributed by atoms with Crippen LogP contribution in [-0.2, 0) is 14.3 Å². The maximum Gasteiger partial charge on any atom is 0.242 e. The highest BCUT2D eigenvalue weighted by atomic mass is 35.5. The molecule has 0 saturated carbocycles. The maximum absolute atomic E-state index is 12.2. The van der Waals surface area contributed by atoms with Crippen LogP contribution >= 0.6 is 11.6 Å². The summed E-state index contributed by atoms with van der Waals surface area (Å²) in [6, 6.07) is 0. The second-order valence-corrected chi connectivity index (χ2v) is 5.75. The van der Waals surface area contributed by atoms with Crippen molar-refractivity contribution in [2.24, 2.45) is 0 Å². The Hall–Kier alpha value is -1.44. The summed E-state index contributed by atoms with van der Waals surface area (Å²) in [6.07, 6.45) is 4.70. The highest BCUT2D eigenvalue weighted by Gasteiger charge is 2.25. The van der Waals surface area contributed by atoms with E-state index in [0.29, 0.717) is 37.3 Å². The van der Waals surface area contributed by atoms with Crippen LogP contribution in [0.3, 0.4) is 0 Å². The third kappa shape index (κ3) is 3.85. The van der Waals surface area contributed by atoms with Crippen LogP contribution in [0.2, 0.25) is 5.02 Å². The zero-order valence-electron chi connectivity index (χ0n) is 12.3.